The first kappa shape index (κ1) is 9.62. The van der Waals surface area contributed by atoms with E-state index in [4.69, 9.17) is 4.89 Å². The molecule has 0 aliphatic rings. The van der Waals surface area contributed by atoms with Crippen LogP contribution in [-0.2, 0) is 18.6 Å². The van der Waals surface area contributed by atoms with E-state index < -0.39 is 19.7 Å². The minimum absolute atomic E-state index is 0.597. The highest BCUT2D eigenvalue weighted by Gasteiger charge is 2.22. The van der Waals surface area contributed by atoms with Crippen LogP contribution >= 0.6 is 7.60 Å². The zero-order valence-corrected chi connectivity index (χ0v) is 6.63. The van der Waals surface area contributed by atoms with Crippen molar-refractivity contribution in [1.29, 1.82) is 0 Å². The van der Waals surface area contributed by atoms with Gasteiger partial charge in [0.25, 0.3) is 0 Å². The van der Waals surface area contributed by atoms with Crippen LogP contribution in [0.2, 0.25) is 0 Å². The number of ether oxygens (including phenoxy) is 1. The lowest BCUT2D eigenvalue weighted by Crippen LogP contribution is -2.07. The summed E-state index contributed by atoms with van der Waals surface area (Å²) in [5, 5.41) is 0. The Labute approximate surface area is 58.5 Å². The van der Waals surface area contributed by atoms with E-state index in [1.54, 1.807) is 0 Å². The average molecular weight is 168 g/mol. The summed E-state index contributed by atoms with van der Waals surface area (Å²) in [6.45, 7) is 0. The Morgan fingerprint density at radius 1 is 1.60 bits per heavy atom. The fourth-order valence-electron chi connectivity index (χ4n) is 0.292. The van der Waals surface area contributed by atoms with Crippen molar-refractivity contribution in [1.82, 2.24) is 0 Å². The molecule has 0 bridgehead atoms. The second-order valence-corrected chi connectivity index (χ2v) is 3.51. The summed E-state index contributed by atoms with van der Waals surface area (Å²) < 4.78 is 18.8. The summed E-state index contributed by atoms with van der Waals surface area (Å²) in [5.74, 6) is -0.757. The fourth-order valence-corrected chi connectivity index (χ4v) is 0.877. The molecule has 0 saturated heterocycles. The van der Waals surface area contributed by atoms with Gasteiger partial charge in [0.2, 0.25) is 0 Å². The molecule has 5 nitrogen and oxygen atoms in total. The van der Waals surface area contributed by atoms with Gasteiger partial charge in [0.15, 0.2) is 0 Å². The van der Waals surface area contributed by atoms with Crippen LogP contribution in [-0.4, -0.2) is 31.2 Å². The molecule has 0 radical (unpaired) electrons. The molecule has 0 aromatic heterocycles. The molecular weight excluding hydrogens is 159 g/mol. The smallest absolute Gasteiger partial charge is 0.339 e. The van der Waals surface area contributed by atoms with E-state index in [1.807, 2.05) is 0 Å². The van der Waals surface area contributed by atoms with Crippen LogP contribution < -0.4 is 0 Å². The van der Waals surface area contributed by atoms with E-state index in [1.165, 1.54) is 0 Å². The lowest BCUT2D eigenvalue weighted by atomic mass is 10.8. The zero-order valence-electron chi connectivity index (χ0n) is 5.73. The minimum Gasteiger partial charge on any atom is -0.469 e. The lowest BCUT2D eigenvalue weighted by molar-refractivity contribution is -0.137. The topological polar surface area (TPSA) is 72.8 Å². The summed E-state index contributed by atoms with van der Waals surface area (Å²) in [5.41, 5.74) is 0. The highest BCUT2D eigenvalue weighted by atomic mass is 31.2. The average Bonchev–Trinajstić information content (AvgIpc) is 1.87. The first-order valence-electron chi connectivity index (χ1n) is 2.46. The number of hydrogen-bond acceptors (Lipinski definition) is 4. The molecule has 0 fully saturated rings. The Morgan fingerprint density at radius 3 is 2.40 bits per heavy atom. The van der Waals surface area contributed by atoms with Gasteiger partial charge in [-0.15, -0.1) is 0 Å². The third kappa shape index (κ3) is 3.61. The standard InChI is InChI=1S/C4H9O5P/c1-8-4(5)3-10(6,7)9-2/h3H2,1-2H3,(H,6,7). The maximum atomic E-state index is 10.6. The van der Waals surface area contributed by atoms with Crippen LogP contribution in [0.15, 0.2) is 0 Å². The van der Waals surface area contributed by atoms with E-state index in [-0.39, 0.29) is 0 Å². The van der Waals surface area contributed by atoms with Gasteiger partial charge in [-0.2, -0.15) is 0 Å². The summed E-state index contributed by atoms with van der Waals surface area (Å²) in [7, 11) is -1.52. The van der Waals surface area contributed by atoms with Crippen molar-refractivity contribution in [3.8, 4) is 0 Å². The van der Waals surface area contributed by atoms with Gasteiger partial charge >= 0.3 is 13.6 Å². The lowest BCUT2D eigenvalue weighted by Gasteiger charge is -2.05. The van der Waals surface area contributed by atoms with Gasteiger partial charge < -0.3 is 14.2 Å². The van der Waals surface area contributed by atoms with Crippen molar-refractivity contribution in [2.75, 3.05) is 20.4 Å². The maximum Gasteiger partial charge on any atom is 0.339 e. The maximum absolute atomic E-state index is 10.6. The number of rotatable bonds is 3. The largest absolute Gasteiger partial charge is 0.469 e. The molecule has 0 spiro atoms. The predicted molar refractivity (Wildman–Crippen MR) is 33.7 cm³/mol. The van der Waals surface area contributed by atoms with Crippen molar-refractivity contribution in [3.63, 3.8) is 0 Å². The monoisotopic (exact) mass is 168 g/mol. The molecule has 0 rings (SSSR count). The minimum atomic E-state index is -3.72. The van der Waals surface area contributed by atoms with E-state index in [2.05, 4.69) is 9.26 Å². The summed E-state index contributed by atoms with van der Waals surface area (Å²) in [6.07, 6.45) is -0.597. The van der Waals surface area contributed by atoms with Gasteiger partial charge in [-0.1, -0.05) is 0 Å². The van der Waals surface area contributed by atoms with Crippen molar-refractivity contribution >= 4 is 13.6 Å². The van der Waals surface area contributed by atoms with E-state index in [0.29, 0.717) is 0 Å². The van der Waals surface area contributed by atoms with Gasteiger partial charge in [0.1, 0.15) is 6.16 Å². The summed E-state index contributed by atoms with van der Waals surface area (Å²) in [4.78, 5) is 19.0. The van der Waals surface area contributed by atoms with Crippen LogP contribution in [0.4, 0.5) is 0 Å². The molecule has 0 aliphatic heterocycles. The number of carbonyl (C=O) groups excluding carboxylic acids is 1. The van der Waals surface area contributed by atoms with Gasteiger partial charge in [0.05, 0.1) is 7.11 Å². The Hall–Kier alpha value is -0.380. The molecule has 0 heterocycles. The van der Waals surface area contributed by atoms with E-state index in [0.717, 1.165) is 14.2 Å². The van der Waals surface area contributed by atoms with E-state index in [9.17, 15) is 9.36 Å². The molecule has 1 atom stereocenters. The zero-order chi connectivity index (χ0) is 8.20. The van der Waals surface area contributed by atoms with Crippen molar-refractivity contribution in [2.45, 2.75) is 0 Å². The van der Waals surface area contributed by atoms with Gasteiger partial charge in [0, 0.05) is 7.11 Å². The highest BCUT2D eigenvalue weighted by Crippen LogP contribution is 2.40. The SMILES string of the molecule is COC(=O)CP(=O)(O)OC. The predicted octanol–water partition coefficient (Wildman–Crippen LogP) is -0.00880. The van der Waals surface area contributed by atoms with Crippen molar-refractivity contribution < 1.29 is 23.5 Å². The number of esters is 1. The molecule has 1 unspecified atom stereocenters. The van der Waals surface area contributed by atoms with Crippen molar-refractivity contribution in [2.24, 2.45) is 0 Å². The van der Waals surface area contributed by atoms with Crippen LogP contribution in [0.1, 0.15) is 0 Å². The molecule has 1 N–H and O–H groups in total. The normalized spacial score (nSPS) is 15.9. The molecule has 0 saturated carbocycles. The molecule has 6 heteroatoms. The molecule has 0 aromatic carbocycles. The Morgan fingerprint density at radius 2 is 2.10 bits per heavy atom. The third-order valence-corrected chi connectivity index (χ3v) is 2.07. The van der Waals surface area contributed by atoms with Crippen LogP contribution in [0.25, 0.3) is 0 Å². The number of methoxy groups -OCH3 is 1. The van der Waals surface area contributed by atoms with Gasteiger partial charge in [-0.3, -0.25) is 9.36 Å². The Bertz CT molecular complexity index is 165. The Kier molecular flexibility index (Phi) is 3.57. The van der Waals surface area contributed by atoms with Gasteiger partial charge in [-0.05, 0) is 0 Å². The fraction of sp³-hybridized carbons (Fsp3) is 0.750. The van der Waals surface area contributed by atoms with Crippen LogP contribution in [0.5, 0.6) is 0 Å². The van der Waals surface area contributed by atoms with Gasteiger partial charge in [-0.25, -0.2) is 0 Å². The van der Waals surface area contributed by atoms with E-state index >= 15 is 0 Å². The molecule has 10 heavy (non-hydrogen) atoms. The van der Waals surface area contributed by atoms with Crippen LogP contribution in [0.3, 0.4) is 0 Å². The molecule has 0 amide bonds. The number of hydrogen-bond donors (Lipinski definition) is 1. The first-order valence-corrected chi connectivity index (χ1v) is 4.22. The highest BCUT2D eigenvalue weighted by molar-refractivity contribution is 7.53. The third-order valence-electron chi connectivity index (χ3n) is 0.842. The van der Waals surface area contributed by atoms with Crippen molar-refractivity contribution in [3.05, 3.63) is 0 Å². The molecular formula is C4H9O5P. The molecule has 0 aromatic rings. The summed E-state index contributed by atoms with van der Waals surface area (Å²) in [6, 6.07) is 0. The summed E-state index contributed by atoms with van der Waals surface area (Å²) >= 11 is 0. The quantitative estimate of drug-likeness (QED) is 0.474. The number of carbonyl (C=O) groups is 1. The van der Waals surface area contributed by atoms with Crippen LogP contribution in [0, 0.1) is 0 Å². The molecule has 60 valence electrons. The Balaban J connectivity index is 3.89. The second-order valence-electron chi connectivity index (χ2n) is 1.55. The second kappa shape index (κ2) is 3.71. The molecule has 0 aliphatic carbocycles. The first-order chi connectivity index (χ1) is 4.52.